The lowest BCUT2D eigenvalue weighted by atomic mass is 10.1. The summed E-state index contributed by atoms with van der Waals surface area (Å²) in [6.45, 7) is 2.25. The molecule has 3 rings (SSSR count). The molecule has 2 aromatic carbocycles. The van der Waals surface area contributed by atoms with Gasteiger partial charge in [-0.05, 0) is 42.7 Å². The summed E-state index contributed by atoms with van der Waals surface area (Å²) in [7, 11) is 0. The fraction of sp³-hybridized carbons (Fsp3) is 0.200. The summed E-state index contributed by atoms with van der Waals surface area (Å²) in [4.78, 5) is 15.5. The third kappa shape index (κ3) is 6.07. The lowest BCUT2D eigenvalue weighted by molar-refractivity contribution is -0.114. The first-order valence-corrected chi connectivity index (χ1v) is 8.81. The highest BCUT2D eigenvalue weighted by molar-refractivity contribution is 5.88. The first-order chi connectivity index (χ1) is 13.2. The van der Waals surface area contributed by atoms with E-state index in [1.807, 2.05) is 42.5 Å². The highest BCUT2D eigenvalue weighted by Gasteiger charge is 2.02. The Hall–Kier alpha value is -3.48. The van der Waals surface area contributed by atoms with Crippen LogP contribution in [0.25, 0.3) is 0 Å². The van der Waals surface area contributed by atoms with E-state index in [4.69, 9.17) is 0 Å². The second-order valence-electron chi connectivity index (χ2n) is 6.06. The number of amides is 1. The van der Waals surface area contributed by atoms with E-state index < -0.39 is 0 Å². The molecule has 27 heavy (non-hydrogen) atoms. The van der Waals surface area contributed by atoms with Crippen LogP contribution in [0.3, 0.4) is 0 Å². The zero-order valence-electron chi connectivity index (χ0n) is 15.1. The molecule has 138 valence electrons. The van der Waals surface area contributed by atoms with Crippen LogP contribution in [0.4, 0.5) is 23.1 Å². The van der Waals surface area contributed by atoms with Crippen molar-refractivity contribution in [3.05, 3.63) is 66.4 Å². The molecule has 0 aliphatic heterocycles. The smallest absolute Gasteiger partial charge is 0.244 e. The van der Waals surface area contributed by atoms with Gasteiger partial charge in [-0.15, -0.1) is 5.10 Å². The number of hydrogen-bond acceptors (Lipinski definition) is 6. The van der Waals surface area contributed by atoms with E-state index in [0.29, 0.717) is 11.8 Å². The molecule has 0 aliphatic carbocycles. The summed E-state index contributed by atoms with van der Waals surface area (Å²) in [5.41, 5.74) is 2.91. The topological polar surface area (TPSA) is 91.8 Å². The molecule has 1 heterocycles. The molecule has 0 saturated carbocycles. The Balaban J connectivity index is 1.50. The molecule has 3 N–H and O–H groups in total. The minimum absolute atomic E-state index is 0.0984. The Morgan fingerprint density at radius 1 is 1.00 bits per heavy atom. The maximum Gasteiger partial charge on any atom is 0.244 e. The summed E-state index contributed by atoms with van der Waals surface area (Å²) < 4.78 is 0. The SMILES string of the molecule is CC(=O)Nc1ccc(Nc2cnnc(NCCCc3ccccc3)n2)cc1. The number of nitrogens with zero attached hydrogens (tertiary/aromatic N) is 3. The molecule has 0 saturated heterocycles. The Labute approximate surface area is 158 Å². The van der Waals surface area contributed by atoms with Crippen molar-refractivity contribution < 1.29 is 4.79 Å². The second kappa shape index (κ2) is 9.28. The number of aromatic nitrogens is 3. The minimum Gasteiger partial charge on any atom is -0.353 e. The van der Waals surface area contributed by atoms with Crippen molar-refractivity contribution in [1.29, 1.82) is 0 Å². The molecule has 0 radical (unpaired) electrons. The van der Waals surface area contributed by atoms with Crippen molar-refractivity contribution in [3.63, 3.8) is 0 Å². The molecule has 7 heteroatoms. The van der Waals surface area contributed by atoms with Crippen LogP contribution in [0, 0.1) is 0 Å². The molecule has 3 aromatic rings. The van der Waals surface area contributed by atoms with Crippen LogP contribution >= 0.6 is 0 Å². The van der Waals surface area contributed by atoms with Gasteiger partial charge >= 0.3 is 0 Å². The molecule has 1 aromatic heterocycles. The standard InChI is InChI=1S/C20H22N6O/c1-15(27)23-17-9-11-18(12-10-17)24-19-14-22-26-20(25-19)21-13-5-8-16-6-3-2-4-7-16/h2-4,6-7,9-12,14H,5,8,13H2,1H3,(H,23,27)(H2,21,24,25,26). The van der Waals surface area contributed by atoms with Gasteiger partial charge in [-0.25, -0.2) is 0 Å². The molecule has 0 fully saturated rings. The van der Waals surface area contributed by atoms with Crippen molar-refractivity contribution in [3.8, 4) is 0 Å². The zero-order chi connectivity index (χ0) is 18.9. The van der Waals surface area contributed by atoms with Crippen LogP contribution in [-0.2, 0) is 11.2 Å². The Bertz CT molecular complexity index is 867. The third-order valence-corrected chi connectivity index (χ3v) is 3.80. The van der Waals surface area contributed by atoms with E-state index in [-0.39, 0.29) is 5.91 Å². The summed E-state index contributed by atoms with van der Waals surface area (Å²) >= 11 is 0. The van der Waals surface area contributed by atoms with E-state index in [1.165, 1.54) is 12.5 Å². The molecule has 0 unspecified atom stereocenters. The van der Waals surface area contributed by atoms with Gasteiger partial charge in [-0.3, -0.25) is 4.79 Å². The lowest BCUT2D eigenvalue weighted by Crippen LogP contribution is -2.08. The van der Waals surface area contributed by atoms with Crippen molar-refractivity contribution in [2.24, 2.45) is 0 Å². The van der Waals surface area contributed by atoms with Gasteiger partial charge in [0.2, 0.25) is 11.9 Å². The Morgan fingerprint density at radius 3 is 2.48 bits per heavy atom. The summed E-state index contributed by atoms with van der Waals surface area (Å²) in [6.07, 6.45) is 3.55. The number of anilines is 4. The van der Waals surface area contributed by atoms with E-state index in [2.05, 4.69) is 43.3 Å². The Morgan fingerprint density at radius 2 is 1.74 bits per heavy atom. The van der Waals surface area contributed by atoms with Crippen LogP contribution < -0.4 is 16.0 Å². The van der Waals surface area contributed by atoms with Gasteiger partial charge in [0.15, 0.2) is 5.82 Å². The molecule has 1 amide bonds. The fourth-order valence-electron chi connectivity index (χ4n) is 2.56. The summed E-state index contributed by atoms with van der Waals surface area (Å²) in [5, 5.41) is 17.1. The first-order valence-electron chi connectivity index (χ1n) is 8.81. The maximum atomic E-state index is 11.1. The van der Waals surface area contributed by atoms with Crippen LogP contribution in [0.5, 0.6) is 0 Å². The predicted octanol–water partition coefficient (Wildman–Crippen LogP) is 3.62. The quantitative estimate of drug-likeness (QED) is 0.530. The monoisotopic (exact) mass is 362 g/mol. The summed E-state index contributed by atoms with van der Waals surface area (Å²) in [5.74, 6) is 0.990. The normalized spacial score (nSPS) is 10.3. The molecular weight excluding hydrogens is 340 g/mol. The molecule has 0 aliphatic rings. The van der Waals surface area contributed by atoms with Crippen molar-refractivity contribution in [2.45, 2.75) is 19.8 Å². The van der Waals surface area contributed by atoms with Crippen LogP contribution in [0.1, 0.15) is 18.9 Å². The maximum absolute atomic E-state index is 11.1. The van der Waals surface area contributed by atoms with E-state index in [0.717, 1.165) is 30.8 Å². The summed E-state index contributed by atoms with van der Waals surface area (Å²) in [6, 6.07) is 17.7. The molecule has 0 atom stereocenters. The van der Waals surface area contributed by atoms with Crippen LogP contribution in [0.2, 0.25) is 0 Å². The van der Waals surface area contributed by atoms with Crippen LogP contribution in [0.15, 0.2) is 60.8 Å². The van der Waals surface area contributed by atoms with Gasteiger partial charge in [-0.1, -0.05) is 30.3 Å². The average molecular weight is 362 g/mol. The number of carbonyl (C=O) groups excluding carboxylic acids is 1. The zero-order valence-corrected chi connectivity index (χ0v) is 15.1. The number of nitrogens with one attached hydrogen (secondary N) is 3. The average Bonchev–Trinajstić information content (AvgIpc) is 2.68. The number of rotatable bonds is 8. The number of carbonyl (C=O) groups is 1. The fourth-order valence-corrected chi connectivity index (χ4v) is 2.56. The second-order valence-corrected chi connectivity index (χ2v) is 6.06. The van der Waals surface area contributed by atoms with Gasteiger partial charge in [0.05, 0.1) is 6.20 Å². The largest absolute Gasteiger partial charge is 0.353 e. The number of benzene rings is 2. The molecular formula is C20H22N6O. The predicted molar refractivity (Wildman–Crippen MR) is 107 cm³/mol. The van der Waals surface area contributed by atoms with Gasteiger partial charge in [0, 0.05) is 24.8 Å². The van der Waals surface area contributed by atoms with Crippen molar-refractivity contribution >= 4 is 29.0 Å². The minimum atomic E-state index is -0.0984. The molecule has 0 bridgehead atoms. The van der Waals surface area contributed by atoms with E-state index in [1.54, 1.807) is 6.20 Å². The van der Waals surface area contributed by atoms with Gasteiger partial charge in [0.25, 0.3) is 0 Å². The first kappa shape index (κ1) is 18.3. The third-order valence-electron chi connectivity index (χ3n) is 3.80. The van der Waals surface area contributed by atoms with Gasteiger partial charge in [0.1, 0.15) is 0 Å². The lowest BCUT2D eigenvalue weighted by Gasteiger charge is -2.09. The molecule has 0 spiro atoms. The van der Waals surface area contributed by atoms with E-state index in [9.17, 15) is 4.79 Å². The highest BCUT2D eigenvalue weighted by Crippen LogP contribution is 2.17. The number of aryl methyl sites for hydroxylation is 1. The van der Waals surface area contributed by atoms with Crippen LogP contribution in [-0.4, -0.2) is 27.6 Å². The van der Waals surface area contributed by atoms with E-state index >= 15 is 0 Å². The van der Waals surface area contributed by atoms with Gasteiger partial charge < -0.3 is 16.0 Å². The Kier molecular flexibility index (Phi) is 6.30. The number of hydrogen-bond donors (Lipinski definition) is 3. The van der Waals surface area contributed by atoms with Crippen molar-refractivity contribution in [1.82, 2.24) is 15.2 Å². The highest BCUT2D eigenvalue weighted by atomic mass is 16.1. The molecule has 7 nitrogen and oxygen atoms in total. The van der Waals surface area contributed by atoms with Crippen molar-refractivity contribution in [2.75, 3.05) is 22.5 Å². The van der Waals surface area contributed by atoms with Gasteiger partial charge in [-0.2, -0.15) is 10.1 Å².